The Bertz CT molecular complexity index is 1220. The summed E-state index contributed by atoms with van der Waals surface area (Å²) in [5, 5.41) is 6.60. The molecule has 0 bridgehead atoms. The summed E-state index contributed by atoms with van der Waals surface area (Å²) < 4.78 is 54.6. The molecule has 1 aliphatic rings. The van der Waals surface area contributed by atoms with Crippen LogP contribution in [0.5, 0.6) is 0 Å². The van der Waals surface area contributed by atoms with E-state index in [9.17, 15) is 27.2 Å². The number of aromatic nitrogens is 2. The highest BCUT2D eigenvalue weighted by Gasteiger charge is 2.40. The lowest BCUT2D eigenvalue weighted by Crippen LogP contribution is -2.34. The van der Waals surface area contributed by atoms with Crippen LogP contribution in [0.4, 0.5) is 17.6 Å². The molecule has 5 nitrogen and oxygen atoms in total. The molecule has 1 saturated carbocycles. The van der Waals surface area contributed by atoms with Crippen LogP contribution in [0, 0.1) is 12.7 Å². The Kier molecular flexibility index (Phi) is 5.12. The number of para-hydroxylation sites is 1. The Morgan fingerprint density at radius 3 is 2.58 bits per heavy atom. The van der Waals surface area contributed by atoms with E-state index in [-0.39, 0.29) is 29.2 Å². The number of aryl methyl sites for hydroxylation is 1. The van der Waals surface area contributed by atoms with Crippen molar-refractivity contribution >= 4 is 5.91 Å². The number of amides is 1. The lowest BCUT2D eigenvalue weighted by atomic mass is 10.1. The molecule has 160 valence electrons. The Morgan fingerprint density at radius 2 is 1.87 bits per heavy atom. The first-order valence-corrected chi connectivity index (χ1v) is 9.49. The predicted molar refractivity (Wildman–Crippen MR) is 105 cm³/mol. The maximum Gasteiger partial charge on any atom is 0.418 e. The number of hydrogen-bond acceptors (Lipinski definition) is 3. The number of hydrogen-bond donors (Lipinski definition) is 1. The number of carbonyl (C=O) groups is 1. The van der Waals surface area contributed by atoms with E-state index >= 15 is 0 Å². The second kappa shape index (κ2) is 7.64. The number of nitrogens with one attached hydrogen (secondary N) is 1. The monoisotopic (exact) mass is 431 g/mol. The second-order valence-corrected chi connectivity index (χ2v) is 7.40. The average molecular weight is 431 g/mol. The Hall–Kier alpha value is -3.49. The number of benzene rings is 2. The SMILES string of the molecule is Cc1cc(=O)c(C(=O)NC2CC2c2cccc(F)c2)nn1-c1ccccc1C(F)(F)F. The maximum absolute atomic E-state index is 13.4. The van der Waals surface area contributed by atoms with Gasteiger partial charge in [0.1, 0.15) is 5.82 Å². The minimum Gasteiger partial charge on any atom is -0.347 e. The predicted octanol–water partition coefficient (Wildman–Crippen LogP) is 3.98. The van der Waals surface area contributed by atoms with E-state index in [1.54, 1.807) is 12.1 Å². The van der Waals surface area contributed by atoms with E-state index in [2.05, 4.69) is 10.4 Å². The summed E-state index contributed by atoms with van der Waals surface area (Å²) in [4.78, 5) is 25.0. The van der Waals surface area contributed by atoms with E-state index < -0.39 is 28.8 Å². The van der Waals surface area contributed by atoms with Crippen molar-refractivity contribution in [2.24, 2.45) is 0 Å². The number of carbonyl (C=O) groups excluding carboxylic acids is 1. The highest BCUT2D eigenvalue weighted by atomic mass is 19.4. The first-order valence-electron chi connectivity index (χ1n) is 9.49. The van der Waals surface area contributed by atoms with Gasteiger partial charge in [-0.15, -0.1) is 0 Å². The number of alkyl halides is 3. The van der Waals surface area contributed by atoms with Crippen molar-refractivity contribution in [3.8, 4) is 5.69 Å². The quantitative estimate of drug-likeness (QED) is 0.636. The van der Waals surface area contributed by atoms with E-state index in [1.165, 1.54) is 37.3 Å². The summed E-state index contributed by atoms with van der Waals surface area (Å²) in [6, 6.07) is 11.6. The van der Waals surface area contributed by atoms with Gasteiger partial charge >= 0.3 is 6.18 Å². The number of rotatable bonds is 4. The highest BCUT2D eigenvalue weighted by Crippen LogP contribution is 2.41. The molecule has 1 N–H and O–H groups in total. The van der Waals surface area contributed by atoms with E-state index in [0.29, 0.717) is 6.42 Å². The van der Waals surface area contributed by atoms with Crippen LogP contribution in [-0.2, 0) is 6.18 Å². The van der Waals surface area contributed by atoms with Crippen molar-refractivity contribution in [3.63, 3.8) is 0 Å². The second-order valence-electron chi connectivity index (χ2n) is 7.40. The average Bonchev–Trinajstić information content (AvgIpc) is 3.46. The Balaban J connectivity index is 1.62. The van der Waals surface area contributed by atoms with Crippen molar-refractivity contribution in [1.29, 1.82) is 0 Å². The van der Waals surface area contributed by atoms with Gasteiger partial charge in [0.05, 0.1) is 11.3 Å². The lowest BCUT2D eigenvalue weighted by molar-refractivity contribution is -0.137. The van der Waals surface area contributed by atoms with E-state index in [1.807, 2.05) is 0 Å². The fraction of sp³-hybridized carbons (Fsp3) is 0.227. The van der Waals surface area contributed by atoms with Gasteiger partial charge in [0, 0.05) is 23.7 Å². The molecule has 1 aliphatic carbocycles. The van der Waals surface area contributed by atoms with Crippen LogP contribution < -0.4 is 10.7 Å². The van der Waals surface area contributed by atoms with Gasteiger partial charge in [-0.3, -0.25) is 9.59 Å². The summed E-state index contributed by atoms with van der Waals surface area (Å²) in [6.07, 6.45) is -4.07. The number of nitrogens with zero attached hydrogens (tertiary/aromatic N) is 2. The van der Waals surface area contributed by atoms with Gasteiger partial charge < -0.3 is 5.32 Å². The van der Waals surface area contributed by atoms with Crippen LogP contribution in [0.2, 0.25) is 0 Å². The Labute approximate surface area is 174 Å². The molecule has 31 heavy (non-hydrogen) atoms. The molecule has 3 aromatic rings. The van der Waals surface area contributed by atoms with Crippen molar-refractivity contribution in [2.45, 2.75) is 31.5 Å². The van der Waals surface area contributed by atoms with Gasteiger partial charge in [0.15, 0.2) is 5.69 Å². The van der Waals surface area contributed by atoms with Crippen LogP contribution in [-0.4, -0.2) is 21.7 Å². The molecule has 2 atom stereocenters. The first kappa shape index (κ1) is 20.8. The largest absolute Gasteiger partial charge is 0.418 e. The molecule has 4 rings (SSSR count). The van der Waals surface area contributed by atoms with Gasteiger partial charge in [0.25, 0.3) is 5.91 Å². The molecule has 1 fully saturated rings. The topological polar surface area (TPSA) is 64.0 Å². The van der Waals surface area contributed by atoms with Crippen LogP contribution in [0.1, 0.15) is 39.6 Å². The summed E-state index contributed by atoms with van der Waals surface area (Å²) in [7, 11) is 0. The highest BCUT2D eigenvalue weighted by molar-refractivity contribution is 5.92. The molecule has 0 spiro atoms. The standard InChI is InChI=1S/C22H17F4N3O2/c1-12-9-19(30)20(28-29(12)18-8-3-2-7-16(18)22(24,25)26)21(31)27-17-11-15(17)13-5-4-6-14(23)10-13/h2-10,15,17H,11H2,1H3,(H,27,31). The molecule has 1 heterocycles. The summed E-state index contributed by atoms with van der Waals surface area (Å²) in [6.45, 7) is 1.43. The fourth-order valence-electron chi connectivity index (χ4n) is 3.54. The summed E-state index contributed by atoms with van der Waals surface area (Å²) in [5.41, 5.74) is -1.55. The van der Waals surface area contributed by atoms with Crippen molar-refractivity contribution in [3.05, 3.63) is 93.2 Å². The third kappa shape index (κ3) is 4.21. The molecule has 0 saturated heterocycles. The minimum atomic E-state index is -4.64. The van der Waals surface area contributed by atoms with Crippen molar-refractivity contribution in [1.82, 2.24) is 15.1 Å². The molecule has 0 radical (unpaired) electrons. The fourth-order valence-corrected chi connectivity index (χ4v) is 3.54. The zero-order valence-electron chi connectivity index (χ0n) is 16.3. The van der Waals surface area contributed by atoms with Gasteiger partial charge in [-0.2, -0.15) is 18.3 Å². The third-order valence-electron chi connectivity index (χ3n) is 5.14. The molecule has 1 aromatic heterocycles. The Morgan fingerprint density at radius 1 is 1.13 bits per heavy atom. The molecule has 1 amide bonds. The molecular weight excluding hydrogens is 414 g/mol. The molecule has 2 aromatic carbocycles. The normalized spacial score (nSPS) is 18.0. The summed E-state index contributed by atoms with van der Waals surface area (Å²) in [5.74, 6) is -1.27. The first-order chi connectivity index (χ1) is 14.6. The smallest absolute Gasteiger partial charge is 0.347 e. The zero-order chi connectivity index (χ0) is 22.3. The third-order valence-corrected chi connectivity index (χ3v) is 5.14. The zero-order valence-corrected chi connectivity index (χ0v) is 16.3. The maximum atomic E-state index is 13.4. The minimum absolute atomic E-state index is 0.0988. The van der Waals surface area contributed by atoms with Crippen LogP contribution >= 0.6 is 0 Å². The summed E-state index contributed by atoms with van der Waals surface area (Å²) >= 11 is 0. The van der Waals surface area contributed by atoms with Gasteiger partial charge in [-0.05, 0) is 43.2 Å². The molecule has 2 unspecified atom stereocenters. The van der Waals surface area contributed by atoms with Gasteiger partial charge in [-0.1, -0.05) is 24.3 Å². The molecular formula is C22H17F4N3O2. The molecule has 9 heteroatoms. The van der Waals surface area contributed by atoms with Gasteiger partial charge in [-0.25, -0.2) is 9.07 Å². The lowest BCUT2D eigenvalue weighted by Gasteiger charge is -2.16. The van der Waals surface area contributed by atoms with Crippen molar-refractivity contribution < 1.29 is 22.4 Å². The van der Waals surface area contributed by atoms with Crippen molar-refractivity contribution in [2.75, 3.05) is 0 Å². The van der Waals surface area contributed by atoms with E-state index in [4.69, 9.17) is 0 Å². The van der Waals surface area contributed by atoms with Crippen LogP contribution in [0.3, 0.4) is 0 Å². The molecule has 0 aliphatic heterocycles. The van der Waals surface area contributed by atoms with Gasteiger partial charge in [0.2, 0.25) is 5.43 Å². The number of halogens is 4. The van der Waals surface area contributed by atoms with E-state index in [0.717, 1.165) is 22.4 Å². The van der Waals surface area contributed by atoms with Crippen LogP contribution in [0.15, 0.2) is 59.4 Å². The van der Waals surface area contributed by atoms with Crippen LogP contribution in [0.25, 0.3) is 5.69 Å².